The molecule has 18 nitrogen and oxygen atoms in total. The molecule has 5 N–H and O–H groups in total. The van der Waals surface area contributed by atoms with Crippen molar-refractivity contribution < 1.29 is 28.2 Å². The molecule has 0 saturated heterocycles. The first-order chi connectivity index (χ1) is 18.2. The molecule has 194 valence electrons. The van der Waals surface area contributed by atoms with Crippen LogP contribution in [0.5, 0.6) is 0 Å². The first kappa shape index (κ1) is 24.4. The van der Waals surface area contributed by atoms with Gasteiger partial charge in [0.15, 0.2) is 11.6 Å². The normalized spacial score (nSPS) is 11.6. The number of pyridine rings is 1. The Morgan fingerprint density at radius 1 is 0.868 bits per heavy atom. The molecule has 5 aromatic heterocycles. The Kier molecular flexibility index (Phi) is 5.97. The lowest BCUT2D eigenvalue weighted by molar-refractivity contribution is 0.0686. The Hall–Kier alpha value is -5.30. The smallest absolute Gasteiger partial charge is 0.341 e. The van der Waals surface area contributed by atoms with E-state index in [0.717, 1.165) is 21.8 Å². The molecule has 0 aliphatic rings. The highest BCUT2D eigenvalue weighted by Gasteiger charge is 2.22. The van der Waals surface area contributed by atoms with Gasteiger partial charge in [-0.15, -0.1) is 10.2 Å². The summed E-state index contributed by atoms with van der Waals surface area (Å²) in [6.07, 6.45) is 4.90. The lowest BCUT2D eigenvalue weighted by Gasteiger charge is -2.08. The number of aromatic nitrogens is 11. The Labute approximate surface area is 211 Å². The molecule has 5 rings (SSSR count). The lowest BCUT2D eigenvalue weighted by atomic mass is 10.2. The van der Waals surface area contributed by atoms with Crippen LogP contribution in [-0.4, -0.2) is 92.5 Å². The molecule has 0 aliphatic carbocycles. The minimum Gasteiger partial charge on any atom is -0.477 e. The van der Waals surface area contributed by atoms with E-state index in [2.05, 4.69) is 50.7 Å². The third kappa shape index (κ3) is 4.37. The van der Waals surface area contributed by atoms with Crippen LogP contribution in [0.3, 0.4) is 0 Å². The second-order valence-corrected chi connectivity index (χ2v) is 9.31. The number of H-pyrrole nitrogens is 2. The van der Waals surface area contributed by atoms with Gasteiger partial charge in [-0.1, -0.05) is 17.4 Å². The number of sulfonamides is 1. The van der Waals surface area contributed by atoms with Gasteiger partial charge in [0.2, 0.25) is 10.0 Å². The number of carboxylic acids is 2. The van der Waals surface area contributed by atoms with Gasteiger partial charge >= 0.3 is 11.9 Å². The Bertz CT molecular complexity index is 1670. The van der Waals surface area contributed by atoms with Crippen molar-refractivity contribution in [1.82, 2.24) is 60.1 Å². The number of rotatable bonds is 9. The fraction of sp³-hybridized carbons (Fsp3) is 0.105. The minimum absolute atomic E-state index is 0.0321. The maximum atomic E-state index is 12.8. The fourth-order valence-corrected chi connectivity index (χ4v) is 4.48. The molecule has 0 aliphatic heterocycles. The molecule has 0 unspecified atom stereocenters. The number of aromatic carboxylic acids is 2. The lowest BCUT2D eigenvalue weighted by Crippen LogP contribution is -2.23. The van der Waals surface area contributed by atoms with Gasteiger partial charge in [0.05, 0.1) is 41.1 Å². The zero-order valence-electron chi connectivity index (χ0n) is 19.1. The molecule has 19 heteroatoms. The van der Waals surface area contributed by atoms with E-state index < -0.39 is 22.0 Å². The summed E-state index contributed by atoms with van der Waals surface area (Å²) >= 11 is 0. The quantitative estimate of drug-likeness (QED) is 0.161. The van der Waals surface area contributed by atoms with Crippen LogP contribution >= 0.6 is 0 Å². The Balaban J connectivity index is 1.61. The van der Waals surface area contributed by atoms with Gasteiger partial charge in [-0.3, -0.25) is 10.2 Å². The van der Waals surface area contributed by atoms with Gasteiger partial charge in [-0.2, -0.15) is 10.2 Å². The van der Waals surface area contributed by atoms with E-state index in [9.17, 15) is 28.2 Å². The van der Waals surface area contributed by atoms with Crippen molar-refractivity contribution in [1.29, 1.82) is 0 Å². The van der Waals surface area contributed by atoms with Crippen molar-refractivity contribution >= 4 is 22.0 Å². The standard InChI is InChI=1S/C19H16N12O6S/c1-2-22-38(36,37)9-3-12(14-7-30(28-24-14)16-10(18(32)33)5-20-26-16)23-13(4-9)15-8-31(29-25-15)17-11(19(34)35)6-21-27-17/h3-8,22H,2H2,1H3,(H,20,26)(H,21,27)(H,32,33)(H,34,35). The second kappa shape index (κ2) is 9.29. The van der Waals surface area contributed by atoms with E-state index in [1.54, 1.807) is 6.92 Å². The third-order valence-electron chi connectivity index (χ3n) is 5.11. The highest BCUT2D eigenvalue weighted by Crippen LogP contribution is 2.26. The van der Waals surface area contributed by atoms with E-state index in [-0.39, 0.29) is 57.0 Å². The highest BCUT2D eigenvalue weighted by molar-refractivity contribution is 7.89. The summed E-state index contributed by atoms with van der Waals surface area (Å²) in [5.41, 5.74) is 0.0528. The summed E-state index contributed by atoms with van der Waals surface area (Å²) in [6, 6.07) is 2.53. The van der Waals surface area contributed by atoms with Crippen molar-refractivity contribution in [3.63, 3.8) is 0 Å². The van der Waals surface area contributed by atoms with Crippen LogP contribution in [0.15, 0.2) is 41.8 Å². The van der Waals surface area contributed by atoms with Gasteiger partial charge in [0, 0.05) is 6.54 Å². The van der Waals surface area contributed by atoms with E-state index in [0.29, 0.717) is 0 Å². The third-order valence-corrected chi connectivity index (χ3v) is 6.64. The number of carbonyl (C=O) groups is 2. The summed E-state index contributed by atoms with van der Waals surface area (Å²) in [4.78, 5) is 27.2. The topological polar surface area (TPSA) is 252 Å². The molecule has 0 bridgehead atoms. The van der Waals surface area contributed by atoms with Crippen molar-refractivity contribution in [3.8, 4) is 34.4 Å². The number of aromatic amines is 2. The van der Waals surface area contributed by atoms with E-state index >= 15 is 0 Å². The summed E-state index contributed by atoms with van der Waals surface area (Å²) in [7, 11) is -3.97. The maximum Gasteiger partial charge on any atom is 0.341 e. The summed E-state index contributed by atoms with van der Waals surface area (Å²) in [5.74, 6) is -2.41. The van der Waals surface area contributed by atoms with E-state index in [4.69, 9.17) is 0 Å². The predicted octanol–water partition coefficient (Wildman–Crippen LogP) is -0.282. The minimum atomic E-state index is -3.97. The highest BCUT2D eigenvalue weighted by atomic mass is 32.2. The largest absolute Gasteiger partial charge is 0.477 e. The SMILES string of the molecule is CCNS(=O)(=O)c1cc(-c2cn(-c3[nH]ncc3C(=O)O)nn2)nc(-c2cn(-c3[nH]ncc3C(=O)O)nn2)c1. The van der Waals surface area contributed by atoms with Crippen molar-refractivity contribution in [2.24, 2.45) is 0 Å². The first-order valence-electron chi connectivity index (χ1n) is 10.6. The van der Waals surface area contributed by atoms with Crippen LogP contribution in [0.2, 0.25) is 0 Å². The van der Waals surface area contributed by atoms with Crippen molar-refractivity contribution in [3.05, 3.63) is 48.0 Å². The van der Waals surface area contributed by atoms with Crippen molar-refractivity contribution in [2.75, 3.05) is 6.54 Å². The summed E-state index contributed by atoms with van der Waals surface area (Å²) < 4.78 is 30.3. The van der Waals surface area contributed by atoms with Gasteiger partial charge < -0.3 is 10.2 Å². The average Bonchev–Trinajstić information content (AvgIpc) is 3.68. The predicted molar refractivity (Wildman–Crippen MR) is 124 cm³/mol. The molecule has 0 atom stereocenters. The second-order valence-electron chi connectivity index (χ2n) is 7.55. The molecule has 0 saturated carbocycles. The average molecular weight is 540 g/mol. The fourth-order valence-electron chi connectivity index (χ4n) is 3.40. The number of nitrogens with zero attached hydrogens (tertiary/aromatic N) is 9. The van der Waals surface area contributed by atoms with E-state index in [1.165, 1.54) is 24.5 Å². The van der Waals surface area contributed by atoms with Crippen LogP contribution in [0.4, 0.5) is 0 Å². The Morgan fingerprint density at radius 2 is 1.34 bits per heavy atom. The molecular formula is C19H16N12O6S. The molecule has 0 aromatic carbocycles. The number of hydrogen-bond acceptors (Lipinski definition) is 11. The monoisotopic (exact) mass is 540 g/mol. The molecule has 5 heterocycles. The molecule has 5 aromatic rings. The number of carboxylic acid groups (broad SMARTS) is 2. The van der Waals surface area contributed by atoms with Crippen LogP contribution in [0.25, 0.3) is 34.4 Å². The summed E-state index contributed by atoms with van der Waals surface area (Å²) in [5, 5.41) is 46.9. The molecule has 38 heavy (non-hydrogen) atoms. The number of hydrogen-bond donors (Lipinski definition) is 5. The maximum absolute atomic E-state index is 12.8. The van der Waals surface area contributed by atoms with Crippen molar-refractivity contribution in [2.45, 2.75) is 11.8 Å². The van der Waals surface area contributed by atoms with Crippen LogP contribution in [0, 0.1) is 0 Å². The van der Waals surface area contributed by atoms with Crippen LogP contribution in [0.1, 0.15) is 27.6 Å². The van der Waals surface area contributed by atoms with Gasteiger partial charge in [0.1, 0.15) is 22.5 Å². The van der Waals surface area contributed by atoms with Gasteiger partial charge in [0.25, 0.3) is 0 Å². The van der Waals surface area contributed by atoms with Crippen LogP contribution < -0.4 is 4.72 Å². The zero-order valence-corrected chi connectivity index (χ0v) is 19.9. The zero-order chi connectivity index (χ0) is 27.0. The molecular weight excluding hydrogens is 524 g/mol. The van der Waals surface area contributed by atoms with Gasteiger partial charge in [-0.05, 0) is 12.1 Å². The Morgan fingerprint density at radius 3 is 1.76 bits per heavy atom. The summed E-state index contributed by atoms with van der Waals surface area (Å²) in [6.45, 7) is 1.74. The van der Waals surface area contributed by atoms with Crippen LogP contribution in [-0.2, 0) is 10.0 Å². The molecule has 0 fully saturated rings. The number of nitrogens with one attached hydrogen (secondary N) is 3. The van der Waals surface area contributed by atoms with E-state index in [1.807, 2.05) is 0 Å². The molecule has 0 radical (unpaired) electrons. The molecule has 0 spiro atoms. The van der Waals surface area contributed by atoms with Gasteiger partial charge in [-0.25, -0.2) is 37.1 Å². The first-order valence-corrected chi connectivity index (χ1v) is 12.1. The molecule has 0 amide bonds.